The molecule has 0 radical (unpaired) electrons. The zero-order valence-corrected chi connectivity index (χ0v) is 11.6. The molecule has 0 atom stereocenters. The predicted octanol–water partition coefficient (Wildman–Crippen LogP) is 3.00. The van der Waals surface area contributed by atoms with Crippen LogP contribution in [0.2, 0.25) is 0 Å². The standard InChI is InChI=1S/C14H17N3OS/c18-14(15-9-10-4-2-1-3-5-10)11-6-7-12-13(8-11)17-19-16-12/h6-8,10H,1-5,9H2,(H,15,18). The van der Waals surface area contributed by atoms with Crippen LogP contribution in [0, 0.1) is 5.92 Å². The Morgan fingerprint density at radius 3 is 2.84 bits per heavy atom. The fourth-order valence-electron chi connectivity index (χ4n) is 2.65. The quantitative estimate of drug-likeness (QED) is 0.937. The molecule has 1 aromatic heterocycles. The lowest BCUT2D eigenvalue weighted by Crippen LogP contribution is -2.30. The third-order valence-electron chi connectivity index (χ3n) is 3.79. The Bertz CT molecular complexity index is 575. The van der Waals surface area contributed by atoms with Gasteiger partial charge in [-0.05, 0) is 37.0 Å². The molecule has 1 aromatic carbocycles. The number of hydrogen-bond acceptors (Lipinski definition) is 4. The summed E-state index contributed by atoms with van der Waals surface area (Å²) in [5, 5.41) is 3.04. The molecule has 1 saturated carbocycles. The Labute approximate surface area is 116 Å². The summed E-state index contributed by atoms with van der Waals surface area (Å²) in [6.07, 6.45) is 6.44. The number of hydrogen-bond donors (Lipinski definition) is 1. The number of carbonyl (C=O) groups is 1. The molecule has 4 nitrogen and oxygen atoms in total. The molecule has 1 heterocycles. The van der Waals surface area contributed by atoms with Gasteiger partial charge >= 0.3 is 0 Å². The molecule has 1 N–H and O–H groups in total. The minimum absolute atomic E-state index is 0.000438. The van der Waals surface area contributed by atoms with Crippen LogP contribution in [-0.4, -0.2) is 21.2 Å². The number of benzene rings is 1. The summed E-state index contributed by atoms with van der Waals surface area (Å²) in [5.74, 6) is 0.655. The van der Waals surface area contributed by atoms with Gasteiger partial charge in [-0.3, -0.25) is 4.79 Å². The van der Waals surface area contributed by atoms with Crippen molar-refractivity contribution in [2.24, 2.45) is 5.92 Å². The van der Waals surface area contributed by atoms with Crippen LogP contribution >= 0.6 is 11.7 Å². The average molecular weight is 275 g/mol. The molecule has 5 heteroatoms. The van der Waals surface area contributed by atoms with Gasteiger partial charge in [0.05, 0.1) is 11.7 Å². The Hall–Kier alpha value is -1.49. The van der Waals surface area contributed by atoms with Gasteiger partial charge in [0.25, 0.3) is 5.91 Å². The van der Waals surface area contributed by atoms with Crippen LogP contribution in [0.4, 0.5) is 0 Å². The topological polar surface area (TPSA) is 54.9 Å². The maximum absolute atomic E-state index is 12.1. The smallest absolute Gasteiger partial charge is 0.251 e. The zero-order valence-electron chi connectivity index (χ0n) is 10.8. The van der Waals surface area contributed by atoms with Crippen molar-refractivity contribution >= 4 is 28.7 Å². The van der Waals surface area contributed by atoms with E-state index in [1.165, 1.54) is 43.8 Å². The van der Waals surface area contributed by atoms with E-state index in [4.69, 9.17) is 0 Å². The molecule has 1 aliphatic carbocycles. The normalized spacial score (nSPS) is 16.6. The molecule has 19 heavy (non-hydrogen) atoms. The van der Waals surface area contributed by atoms with Crippen LogP contribution in [0.5, 0.6) is 0 Å². The highest BCUT2D eigenvalue weighted by molar-refractivity contribution is 7.00. The van der Waals surface area contributed by atoms with Gasteiger partial charge in [-0.25, -0.2) is 0 Å². The van der Waals surface area contributed by atoms with Crippen molar-refractivity contribution in [1.82, 2.24) is 14.1 Å². The lowest BCUT2D eigenvalue weighted by molar-refractivity contribution is 0.0943. The van der Waals surface area contributed by atoms with Crippen LogP contribution in [-0.2, 0) is 0 Å². The van der Waals surface area contributed by atoms with Crippen molar-refractivity contribution in [2.75, 3.05) is 6.54 Å². The van der Waals surface area contributed by atoms with Crippen molar-refractivity contribution in [3.63, 3.8) is 0 Å². The highest BCUT2D eigenvalue weighted by Gasteiger charge is 2.15. The second-order valence-electron chi connectivity index (χ2n) is 5.18. The first-order valence-corrected chi connectivity index (χ1v) is 7.56. The van der Waals surface area contributed by atoms with Crippen LogP contribution in [0.3, 0.4) is 0 Å². The van der Waals surface area contributed by atoms with E-state index in [9.17, 15) is 4.79 Å². The van der Waals surface area contributed by atoms with Gasteiger partial charge in [-0.15, -0.1) is 0 Å². The molecule has 0 spiro atoms. The highest BCUT2D eigenvalue weighted by Crippen LogP contribution is 2.23. The number of amides is 1. The van der Waals surface area contributed by atoms with E-state index >= 15 is 0 Å². The molecule has 1 amide bonds. The summed E-state index contributed by atoms with van der Waals surface area (Å²) in [7, 11) is 0. The Morgan fingerprint density at radius 1 is 1.21 bits per heavy atom. The summed E-state index contributed by atoms with van der Waals surface area (Å²) in [6, 6.07) is 5.49. The summed E-state index contributed by atoms with van der Waals surface area (Å²) in [6.45, 7) is 0.798. The van der Waals surface area contributed by atoms with Gasteiger partial charge in [-0.2, -0.15) is 8.75 Å². The summed E-state index contributed by atoms with van der Waals surface area (Å²) in [4.78, 5) is 12.1. The number of nitrogens with one attached hydrogen (secondary N) is 1. The van der Waals surface area contributed by atoms with E-state index < -0.39 is 0 Å². The van der Waals surface area contributed by atoms with Gasteiger partial charge < -0.3 is 5.32 Å². The monoisotopic (exact) mass is 275 g/mol. The van der Waals surface area contributed by atoms with Gasteiger partial charge in [0.2, 0.25) is 0 Å². The Kier molecular flexibility index (Phi) is 3.73. The van der Waals surface area contributed by atoms with Crippen molar-refractivity contribution in [1.29, 1.82) is 0 Å². The lowest BCUT2D eigenvalue weighted by Gasteiger charge is -2.21. The van der Waals surface area contributed by atoms with Crippen LogP contribution in [0.1, 0.15) is 42.5 Å². The molecular formula is C14H17N3OS. The molecule has 0 unspecified atom stereocenters. The van der Waals surface area contributed by atoms with E-state index in [1.54, 1.807) is 0 Å². The molecule has 2 aromatic rings. The second-order valence-corrected chi connectivity index (χ2v) is 5.71. The highest BCUT2D eigenvalue weighted by atomic mass is 32.1. The molecule has 100 valence electrons. The second kappa shape index (κ2) is 5.65. The van der Waals surface area contributed by atoms with E-state index in [1.807, 2.05) is 18.2 Å². The van der Waals surface area contributed by atoms with Crippen molar-refractivity contribution in [3.8, 4) is 0 Å². The van der Waals surface area contributed by atoms with Crippen LogP contribution in [0.15, 0.2) is 18.2 Å². The summed E-state index contributed by atoms with van der Waals surface area (Å²) >= 11 is 1.18. The number of nitrogens with zero attached hydrogens (tertiary/aromatic N) is 2. The zero-order chi connectivity index (χ0) is 13.1. The maximum atomic E-state index is 12.1. The molecule has 3 rings (SSSR count). The number of aromatic nitrogens is 2. The van der Waals surface area contributed by atoms with Gasteiger partial charge in [0.15, 0.2) is 0 Å². The van der Waals surface area contributed by atoms with Gasteiger partial charge in [0.1, 0.15) is 11.0 Å². The van der Waals surface area contributed by atoms with Crippen molar-refractivity contribution in [3.05, 3.63) is 23.8 Å². The first-order valence-electron chi connectivity index (χ1n) is 6.83. The average Bonchev–Trinajstić information content (AvgIpc) is 2.93. The van der Waals surface area contributed by atoms with E-state index in [0.29, 0.717) is 11.5 Å². The van der Waals surface area contributed by atoms with Crippen LogP contribution in [0.25, 0.3) is 11.0 Å². The number of rotatable bonds is 3. The first-order chi connectivity index (χ1) is 9.33. The molecule has 0 bridgehead atoms. The fraction of sp³-hybridized carbons (Fsp3) is 0.500. The maximum Gasteiger partial charge on any atom is 0.251 e. The summed E-state index contributed by atoms with van der Waals surface area (Å²) in [5.41, 5.74) is 2.33. The molecule has 0 saturated heterocycles. The molecule has 1 fully saturated rings. The molecule has 1 aliphatic rings. The van der Waals surface area contributed by atoms with E-state index in [0.717, 1.165) is 17.6 Å². The lowest BCUT2D eigenvalue weighted by atomic mass is 9.89. The van der Waals surface area contributed by atoms with Crippen LogP contribution < -0.4 is 5.32 Å². The van der Waals surface area contributed by atoms with Gasteiger partial charge in [-0.1, -0.05) is 19.3 Å². The van der Waals surface area contributed by atoms with Crippen molar-refractivity contribution in [2.45, 2.75) is 32.1 Å². The van der Waals surface area contributed by atoms with E-state index in [2.05, 4.69) is 14.1 Å². The molecular weight excluding hydrogens is 258 g/mol. The number of carbonyl (C=O) groups excluding carboxylic acids is 1. The van der Waals surface area contributed by atoms with Crippen molar-refractivity contribution < 1.29 is 4.79 Å². The fourth-order valence-corrected chi connectivity index (χ4v) is 3.17. The minimum Gasteiger partial charge on any atom is -0.352 e. The predicted molar refractivity (Wildman–Crippen MR) is 76.3 cm³/mol. The third-order valence-corrected chi connectivity index (χ3v) is 4.35. The SMILES string of the molecule is O=C(NCC1CCCCC1)c1ccc2nsnc2c1. The summed E-state index contributed by atoms with van der Waals surface area (Å²) < 4.78 is 8.30. The largest absolute Gasteiger partial charge is 0.352 e. The van der Waals surface area contributed by atoms with E-state index in [-0.39, 0.29) is 5.91 Å². The Balaban J connectivity index is 1.62. The number of fused-ring (bicyclic) bond motifs is 1. The third kappa shape index (κ3) is 2.92. The first kappa shape index (κ1) is 12.5. The van der Waals surface area contributed by atoms with Gasteiger partial charge in [0, 0.05) is 12.1 Å². The minimum atomic E-state index is 0.000438. The molecule has 0 aliphatic heterocycles. The Morgan fingerprint density at radius 2 is 2.00 bits per heavy atom.